The third-order valence-electron chi connectivity index (χ3n) is 2.93. The molecule has 6 heteroatoms. The van der Waals surface area contributed by atoms with E-state index >= 15 is 0 Å². The summed E-state index contributed by atoms with van der Waals surface area (Å²) >= 11 is 0. The third kappa shape index (κ3) is 3.63. The van der Waals surface area contributed by atoms with Crippen molar-refractivity contribution < 1.29 is 18.7 Å². The van der Waals surface area contributed by atoms with Crippen LogP contribution in [0.15, 0.2) is 22.6 Å². The van der Waals surface area contributed by atoms with Crippen LogP contribution in [0.1, 0.15) is 30.7 Å². The van der Waals surface area contributed by atoms with Gasteiger partial charge in [-0.25, -0.2) is 4.39 Å². The van der Waals surface area contributed by atoms with Gasteiger partial charge in [-0.15, -0.1) is 10.2 Å². The number of carbonyl (C=O) groups is 1. The van der Waals surface area contributed by atoms with E-state index in [-0.39, 0.29) is 18.1 Å². The topological polar surface area (TPSA) is 76.2 Å². The van der Waals surface area contributed by atoms with Crippen molar-refractivity contribution in [3.8, 4) is 11.5 Å². The van der Waals surface area contributed by atoms with Crippen molar-refractivity contribution in [2.24, 2.45) is 0 Å². The molecule has 5 nitrogen and oxygen atoms in total. The predicted molar refractivity (Wildman–Crippen MR) is 69.6 cm³/mol. The van der Waals surface area contributed by atoms with Crippen molar-refractivity contribution in [2.45, 2.75) is 32.6 Å². The summed E-state index contributed by atoms with van der Waals surface area (Å²) in [5.74, 6) is -0.442. The molecule has 0 atom stereocenters. The second-order valence-electron chi connectivity index (χ2n) is 4.56. The van der Waals surface area contributed by atoms with Crippen LogP contribution in [0.3, 0.4) is 0 Å². The van der Waals surface area contributed by atoms with Crippen LogP contribution in [0.2, 0.25) is 0 Å². The number of aryl methyl sites for hydroxylation is 2. The van der Waals surface area contributed by atoms with E-state index < -0.39 is 5.97 Å². The Labute approximate surface area is 115 Å². The number of carboxylic acid groups (broad SMARTS) is 1. The summed E-state index contributed by atoms with van der Waals surface area (Å²) in [4.78, 5) is 10.4. The molecule has 1 aromatic carbocycles. The molecular formula is C14H15FN2O3. The van der Waals surface area contributed by atoms with Crippen LogP contribution in [0.5, 0.6) is 0 Å². The molecule has 1 heterocycles. The molecule has 0 radical (unpaired) electrons. The van der Waals surface area contributed by atoms with Crippen LogP contribution in [0.25, 0.3) is 11.5 Å². The summed E-state index contributed by atoms with van der Waals surface area (Å²) in [5, 5.41) is 16.3. The lowest BCUT2D eigenvalue weighted by molar-refractivity contribution is -0.137. The number of aliphatic carboxylic acids is 1. The molecule has 0 fully saturated rings. The number of unbranched alkanes of at least 4 members (excludes halogenated alkanes) is 1. The normalized spacial score (nSPS) is 10.7. The molecule has 0 bridgehead atoms. The molecule has 0 amide bonds. The average molecular weight is 278 g/mol. The molecule has 0 saturated heterocycles. The summed E-state index contributed by atoms with van der Waals surface area (Å²) < 4.78 is 18.7. The van der Waals surface area contributed by atoms with Gasteiger partial charge in [0, 0.05) is 18.4 Å². The fourth-order valence-electron chi connectivity index (χ4n) is 1.84. The monoisotopic (exact) mass is 278 g/mol. The molecule has 0 aliphatic carbocycles. The van der Waals surface area contributed by atoms with E-state index in [0.29, 0.717) is 30.7 Å². The van der Waals surface area contributed by atoms with Gasteiger partial charge >= 0.3 is 5.97 Å². The fourth-order valence-corrected chi connectivity index (χ4v) is 1.84. The lowest BCUT2D eigenvalue weighted by Gasteiger charge is -2.00. The maximum Gasteiger partial charge on any atom is 0.303 e. The van der Waals surface area contributed by atoms with Crippen LogP contribution in [0, 0.1) is 12.7 Å². The van der Waals surface area contributed by atoms with Gasteiger partial charge in [0.1, 0.15) is 5.82 Å². The van der Waals surface area contributed by atoms with Gasteiger partial charge in [-0.3, -0.25) is 4.79 Å². The van der Waals surface area contributed by atoms with Gasteiger partial charge in [-0.2, -0.15) is 0 Å². The second kappa shape index (κ2) is 6.27. The van der Waals surface area contributed by atoms with E-state index in [1.165, 1.54) is 12.1 Å². The number of halogens is 1. The molecular weight excluding hydrogens is 263 g/mol. The first-order chi connectivity index (χ1) is 9.56. The summed E-state index contributed by atoms with van der Waals surface area (Å²) in [6.07, 6.45) is 1.88. The van der Waals surface area contributed by atoms with Gasteiger partial charge in [0.25, 0.3) is 0 Å². The Morgan fingerprint density at radius 1 is 1.35 bits per heavy atom. The minimum Gasteiger partial charge on any atom is -0.481 e. The minimum atomic E-state index is -0.813. The molecule has 20 heavy (non-hydrogen) atoms. The Kier molecular flexibility index (Phi) is 4.45. The van der Waals surface area contributed by atoms with E-state index in [0.717, 1.165) is 5.56 Å². The van der Waals surface area contributed by atoms with Crippen molar-refractivity contribution >= 4 is 5.97 Å². The summed E-state index contributed by atoms with van der Waals surface area (Å²) in [5.41, 5.74) is 1.43. The quantitative estimate of drug-likeness (QED) is 0.822. The number of hydrogen-bond donors (Lipinski definition) is 1. The van der Waals surface area contributed by atoms with Crippen molar-refractivity contribution in [1.29, 1.82) is 0 Å². The highest BCUT2D eigenvalue weighted by Gasteiger charge is 2.11. The van der Waals surface area contributed by atoms with Crippen molar-refractivity contribution in [2.75, 3.05) is 0 Å². The minimum absolute atomic E-state index is 0.129. The predicted octanol–water partition coefficient (Wildman–Crippen LogP) is 2.98. The molecule has 0 unspecified atom stereocenters. The number of rotatable bonds is 6. The zero-order valence-electron chi connectivity index (χ0n) is 11.1. The first-order valence-electron chi connectivity index (χ1n) is 6.37. The van der Waals surface area contributed by atoms with E-state index in [1.54, 1.807) is 6.07 Å². The second-order valence-corrected chi connectivity index (χ2v) is 4.56. The van der Waals surface area contributed by atoms with Gasteiger partial charge in [0.15, 0.2) is 0 Å². The third-order valence-corrected chi connectivity index (χ3v) is 2.93. The van der Waals surface area contributed by atoms with Gasteiger partial charge in [-0.05, 0) is 37.5 Å². The standard InChI is InChI=1S/C14H15FN2O3/c1-9-6-7-10(15)8-11(9)14-17-16-12(20-14)4-2-3-5-13(18)19/h6-8H,2-5H2,1H3,(H,18,19). The number of hydrogen-bond acceptors (Lipinski definition) is 4. The summed E-state index contributed by atoms with van der Waals surface area (Å²) in [6.45, 7) is 1.84. The van der Waals surface area contributed by atoms with Crippen LogP contribution < -0.4 is 0 Å². The Morgan fingerprint density at radius 3 is 2.90 bits per heavy atom. The highest BCUT2D eigenvalue weighted by Crippen LogP contribution is 2.23. The molecule has 0 aliphatic rings. The average Bonchev–Trinajstić information content (AvgIpc) is 2.86. The lowest BCUT2D eigenvalue weighted by atomic mass is 10.1. The molecule has 1 aromatic heterocycles. The van der Waals surface area contributed by atoms with Crippen LogP contribution in [-0.2, 0) is 11.2 Å². The van der Waals surface area contributed by atoms with Gasteiger partial charge in [0.2, 0.25) is 11.8 Å². The molecule has 0 aliphatic heterocycles. The number of nitrogens with zero attached hydrogens (tertiary/aromatic N) is 2. The number of carboxylic acids is 1. The zero-order valence-corrected chi connectivity index (χ0v) is 11.1. The van der Waals surface area contributed by atoms with Crippen LogP contribution >= 0.6 is 0 Å². The van der Waals surface area contributed by atoms with E-state index in [9.17, 15) is 9.18 Å². The molecule has 2 aromatic rings. The Hall–Kier alpha value is -2.24. The zero-order chi connectivity index (χ0) is 14.5. The van der Waals surface area contributed by atoms with Crippen molar-refractivity contribution in [1.82, 2.24) is 10.2 Å². The fraction of sp³-hybridized carbons (Fsp3) is 0.357. The molecule has 2 rings (SSSR count). The highest BCUT2D eigenvalue weighted by atomic mass is 19.1. The Balaban J connectivity index is 2.01. The molecule has 0 spiro atoms. The smallest absolute Gasteiger partial charge is 0.303 e. The van der Waals surface area contributed by atoms with E-state index in [4.69, 9.17) is 9.52 Å². The van der Waals surface area contributed by atoms with Crippen molar-refractivity contribution in [3.05, 3.63) is 35.5 Å². The summed E-state index contributed by atoms with van der Waals surface area (Å²) in [7, 11) is 0. The van der Waals surface area contributed by atoms with Crippen LogP contribution in [0.4, 0.5) is 4.39 Å². The van der Waals surface area contributed by atoms with Crippen LogP contribution in [-0.4, -0.2) is 21.3 Å². The maximum absolute atomic E-state index is 13.2. The van der Waals surface area contributed by atoms with E-state index in [2.05, 4.69) is 10.2 Å². The Bertz CT molecular complexity index is 610. The largest absolute Gasteiger partial charge is 0.481 e. The van der Waals surface area contributed by atoms with Gasteiger partial charge in [-0.1, -0.05) is 6.07 Å². The maximum atomic E-state index is 13.2. The Morgan fingerprint density at radius 2 is 2.15 bits per heavy atom. The number of aromatic nitrogens is 2. The lowest BCUT2D eigenvalue weighted by Crippen LogP contribution is -1.95. The van der Waals surface area contributed by atoms with Gasteiger partial charge in [0.05, 0.1) is 0 Å². The highest BCUT2D eigenvalue weighted by molar-refractivity contribution is 5.66. The first kappa shape index (κ1) is 14.2. The summed E-state index contributed by atoms with van der Waals surface area (Å²) in [6, 6.07) is 4.39. The molecule has 0 saturated carbocycles. The molecule has 1 N–H and O–H groups in total. The van der Waals surface area contributed by atoms with Gasteiger partial charge < -0.3 is 9.52 Å². The first-order valence-corrected chi connectivity index (χ1v) is 6.37. The van der Waals surface area contributed by atoms with E-state index in [1.807, 2.05) is 6.92 Å². The van der Waals surface area contributed by atoms with Crippen molar-refractivity contribution in [3.63, 3.8) is 0 Å². The number of benzene rings is 1. The SMILES string of the molecule is Cc1ccc(F)cc1-c1nnc(CCCCC(=O)O)o1. The molecule has 106 valence electrons.